The van der Waals surface area contributed by atoms with E-state index in [9.17, 15) is 9.59 Å². The van der Waals surface area contributed by atoms with Gasteiger partial charge in [-0.25, -0.2) is 4.68 Å². The highest BCUT2D eigenvalue weighted by molar-refractivity contribution is 5.79. The van der Waals surface area contributed by atoms with Gasteiger partial charge in [0, 0.05) is 13.7 Å². The molecule has 0 spiro atoms. The minimum absolute atomic E-state index is 0.000551. The minimum atomic E-state index is -0.808. The van der Waals surface area contributed by atoms with Crippen molar-refractivity contribution in [3.05, 3.63) is 34.3 Å². The van der Waals surface area contributed by atoms with Crippen LogP contribution in [-0.4, -0.2) is 35.9 Å². The van der Waals surface area contributed by atoms with E-state index < -0.39 is 11.6 Å². The van der Waals surface area contributed by atoms with Gasteiger partial charge in [-0.05, 0) is 32.0 Å². The van der Waals surface area contributed by atoms with Crippen LogP contribution in [0.4, 0.5) is 5.69 Å². The van der Waals surface area contributed by atoms with E-state index in [1.54, 1.807) is 26.0 Å². The Kier molecular flexibility index (Phi) is 5.17. The molecule has 8 heteroatoms. The summed E-state index contributed by atoms with van der Waals surface area (Å²) in [6.45, 7) is 4.11. The number of carbonyl (C=O) groups is 1. The molecule has 0 aromatic carbocycles. The van der Waals surface area contributed by atoms with Crippen LogP contribution in [0.5, 0.6) is 0 Å². The SMILES string of the molecule is COCCNC(=O)C(C)n1nc(-c2ccc(C)o2)cc(N)c1=O. The zero-order chi connectivity index (χ0) is 17.0. The van der Waals surface area contributed by atoms with Crippen LogP contribution in [0.1, 0.15) is 18.7 Å². The van der Waals surface area contributed by atoms with E-state index in [1.165, 1.54) is 13.2 Å². The van der Waals surface area contributed by atoms with E-state index in [-0.39, 0.29) is 11.6 Å². The fraction of sp³-hybridized carbons (Fsp3) is 0.400. The van der Waals surface area contributed by atoms with Gasteiger partial charge >= 0.3 is 0 Å². The zero-order valence-electron chi connectivity index (χ0n) is 13.3. The number of aromatic nitrogens is 2. The van der Waals surface area contributed by atoms with E-state index in [0.29, 0.717) is 30.4 Å². The zero-order valence-corrected chi connectivity index (χ0v) is 13.3. The van der Waals surface area contributed by atoms with Crippen molar-refractivity contribution in [1.82, 2.24) is 15.1 Å². The number of ether oxygens (including phenoxy) is 1. The van der Waals surface area contributed by atoms with Gasteiger partial charge in [-0.15, -0.1) is 0 Å². The first-order chi connectivity index (χ1) is 10.9. The van der Waals surface area contributed by atoms with Crippen LogP contribution < -0.4 is 16.6 Å². The Labute approximate surface area is 133 Å². The molecule has 1 unspecified atom stereocenters. The summed E-state index contributed by atoms with van der Waals surface area (Å²) in [6.07, 6.45) is 0. The maximum atomic E-state index is 12.2. The van der Waals surface area contributed by atoms with Gasteiger partial charge < -0.3 is 20.2 Å². The molecule has 8 nitrogen and oxygen atoms in total. The van der Waals surface area contributed by atoms with Crippen molar-refractivity contribution in [2.24, 2.45) is 0 Å². The number of methoxy groups -OCH3 is 1. The van der Waals surface area contributed by atoms with Crippen LogP contribution in [0, 0.1) is 6.92 Å². The molecular formula is C15H20N4O4. The molecule has 124 valence electrons. The van der Waals surface area contributed by atoms with Crippen molar-refractivity contribution >= 4 is 11.6 Å². The summed E-state index contributed by atoms with van der Waals surface area (Å²) >= 11 is 0. The lowest BCUT2D eigenvalue weighted by molar-refractivity contribution is -0.124. The fourth-order valence-electron chi connectivity index (χ4n) is 2.02. The van der Waals surface area contributed by atoms with Crippen LogP contribution in [0.3, 0.4) is 0 Å². The van der Waals surface area contributed by atoms with E-state index >= 15 is 0 Å². The van der Waals surface area contributed by atoms with Gasteiger partial charge in [0.15, 0.2) is 5.76 Å². The molecule has 2 heterocycles. The molecule has 2 aromatic rings. The second-order valence-electron chi connectivity index (χ2n) is 5.10. The molecule has 0 fully saturated rings. The minimum Gasteiger partial charge on any atom is -0.460 e. The van der Waals surface area contributed by atoms with Crippen LogP contribution in [0.2, 0.25) is 0 Å². The number of hydrogen-bond acceptors (Lipinski definition) is 6. The average molecular weight is 320 g/mol. The Morgan fingerprint density at radius 2 is 2.26 bits per heavy atom. The lowest BCUT2D eigenvalue weighted by Gasteiger charge is -2.15. The Hall–Kier alpha value is -2.61. The quantitative estimate of drug-likeness (QED) is 0.758. The largest absolute Gasteiger partial charge is 0.460 e. The first-order valence-corrected chi connectivity index (χ1v) is 7.17. The van der Waals surface area contributed by atoms with E-state index in [0.717, 1.165) is 4.68 Å². The van der Waals surface area contributed by atoms with Gasteiger partial charge in [0.05, 0.1) is 6.61 Å². The van der Waals surface area contributed by atoms with Crippen molar-refractivity contribution in [2.45, 2.75) is 19.9 Å². The van der Waals surface area contributed by atoms with Crippen molar-refractivity contribution in [3.8, 4) is 11.5 Å². The van der Waals surface area contributed by atoms with Crippen molar-refractivity contribution in [2.75, 3.05) is 26.0 Å². The molecule has 0 radical (unpaired) electrons. The third kappa shape index (κ3) is 3.78. The highest BCUT2D eigenvalue weighted by atomic mass is 16.5. The first kappa shape index (κ1) is 16.8. The number of carbonyl (C=O) groups excluding carboxylic acids is 1. The number of nitrogens with two attached hydrogens (primary N) is 1. The summed E-state index contributed by atoms with van der Waals surface area (Å²) in [5, 5.41) is 6.87. The topological polar surface area (TPSA) is 112 Å². The lowest BCUT2D eigenvalue weighted by atomic mass is 10.2. The molecule has 0 aliphatic rings. The third-order valence-electron chi connectivity index (χ3n) is 3.31. The van der Waals surface area contributed by atoms with Crippen LogP contribution in [0.15, 0.2) is 27.4 Å². The van der Waals surface area contributed by atoms with Gasteiger partial charge in [-0.3, -0.25) is 9.59 Å². The van der Waals surface area contributed by atoms with Crippen LogP contribution >= 0.6 is 0 Å². The standard InChI is InChI=1S/C15H20N4O4/c1-9-4-5-13(23-9)12-8-11(16)15(21)19(18-12)10(2)14(20)17-6-7-22-3/h4-5,8,10H,6-7,16H2,1-3H3,(H,17,20). The first-order valence-electron chi connectivity index (χ1n) is 7.17. The van der Waals surface area contributed by atoms with Gasteiger partial charge in [-0.2, -0.15) is 5.10 Å². The summed E-state index contributed by atoms with van der Waals surface area (Å²) in [4.78, 5) is 24.3. The fourth-order valence-corrected chi connectivity index (χ4v) is 2.02. The molecule has 2 rings (SSSR count). The molecule has 0 aliphatic heterocycles. The number of furan rings is 1. The Morgan fingerprint density at radius 3 is 2.87 bits per heavy atom. The molecule has 0 saturated carbocycles. The van der Waals surface area contributed by atoms with Crippen molar-refractivity contribution in [3.63, 3.8) is 0 Å². The molecule has 0 bridgehead atoms. The monoisotopic (exact) mass is 320 g/mol. The molecule has 0 saturated heterocycles. The molecular weight excluding hydrogens is 300 g/mol. The summed E-state index contributed by atoms with van der Waals surface area (Å²) < 4.78 is 11.4. The van der Waals surface area contributed by atoms with Gasteiger partial charge in [0.2, 0.25) is 5.91 Å². The second kappa shape index (κ2) is 7.10. The number of anilines is 1. The molecule has 1 atom stereocenters. The third-order valence-corrected chi connectivity index (χ3v) is 3.31. The number of amides is 1. The van der Waals surface area contributed by atoms with Crippen molar-refractivity contribution in [1.29, 1.82) is 0 Å². The van der Waals surface area contributed by atoms with Gasteiger partial charge in [-0.1, -0.05) is 0 Å². The highest BCUT2D eigenvalue weighted by Crippen LogP contribution is 2.20. The van der Waals surface area contributed by atoms with Crippen molar-refractivity contribution < 1.29 is 13.9 Å². The number of nitrogens with one attached hydrogen (secondary N) is 1. The Morgan fingerprint density at radius 1 is 1.52 bits per heavy atom. The predicted molar refractivity (Wildman–Crippen MR) is 84.9 cm³/mol. The molecule has 2 aromatic heterocycles. The van der Waals surface area contributed by atoms with Gasteiger partial charge in [0.25, 0.3) is 5.56 Å². The van der Waals surface area contributed by atoms with E-state index in [1.807, 2.05) is 0 Å². The maximum absolute atomic E-state index is 12.2. The maximum Gasteiger partial charge on any atom is 0.290 e. The Bertz CT molecular complexity index is 750. The van der Waals surface area contributed by atoms with Gasteiger partial charge in [0.1, 0.15) is 23.2 Å². The molecule has 1 amide bonds. The number of aryl methyl sites for hydroxylation is 1. The molecule has 0 aliphatic carbocycles. The number of nitrogens with zero attached hydrogens (tertiary/aromatic N) is 2. The Balaban J connectivity index is 2.32. The number of rotatable bonds is 6. The van der Waals surface area contributed by atoms with Crippen LogP contribution in [-0.2, 0) is 9.53 Å². The summed E-state index contributed by atoms with van der Waals surface area (Å²) in [5.74, 6) is 0.849. The normalized spacial score (nSPS) is 12.1. The highest BCUT2D eigenvalue weighted by Gasteiger charge is 2.20. The van der Waals surface area contributed by atoms with E-state index in [2.05, 4.69) is 10.4 Å². The lowest BCUT2D eigenvalue weighted by Crippen LogP contribution is -2.39. The molecule has 23 heavy (non-hydrogen) atoms. The summed E-state index contributed by atoms with van der Waals surface area (Å²) in [7, 11) is 1.54. The summed E-state index contributed by atoms with van der Waals surface area (Å²) in [5.41, 5.74) is 5.63. The van der Waals surface area contributed by atoms with Crippen LogP contribution in [0.25, 0.3) is 11.5 Å². The number of hydrogen-bond donors (Lipinski definition) is 2. The van der Waals surface area contributed by atoms with E-state index in [4.69, 9.17) is 14.9 Å². The average Bonchev–Trinajstić information content (AvgIpc) is 2.96. The molecule has 3 N–H and O–H groups in total. The second-order valence-corrected chi connectivity index (χ2v) is 5.10. The predicted octanol–water partition coefficient (Wildman–Crippen LogP) is 0.718. The number of nitrogen functional groups attached to an aromatic ring is 1. The summed E-state index contributed by atoms with van der Waals surface area (Å²) in [6, 6.07) is 4.14. The smallest absolute Gasteiger partial charge is 0.290 e.